The second kappa shape index (κ2) is 5.87. The van der Waals surface area contributed by atoms with E-state index in [2.05, 4.69) is 44.3 Å². The zero-order chi connectivity index (χ0) is 16.7. The van der Waals surface area contributed by atoms with Crippen molar-refractivity contribution >= 4 is 38.4 Å². The Morgan fingerprint density at radius 3 is 2.62 bits per heavy atom. The van der Waals surface area contributed by atoms with E-state index in [0.29, 0.717) is 5.95 Å². The minimum absolute atomic E-state index is 0.0712. The number of para-hydroxylation sites is 1. The average molecular weight is 382 g/mol. The topological polar surface area (TPSA) is 55.1 Å². The largest absolute Gasteiger partial charge is 0.348 e. The molecule has 0 aliphatic heterocycles. The maximum atomic E-state index is 4.75. The van der Waals surface area contributed by atoms with Gasteiger partial charge in [0.05, 0.1) is 11.6 Å². The fraction of sp³-hybridized carbons (Fsp3) is 0.167. The van der Waals surface area contributed by atoms with Gasteiger partial charge in [0.25, 0.3) is 0 Å². The van der Waals surface area contributed by atoms with Crippen LogP contribution in [0.2, 0.25) is 0 Å². The zero-order valence-corrected chi connectivity index (χ0v) is 14.9. The van der Waals surface area contributed by atoms with Gasteiger partial charge in [-0.3, -0.25) is 0 Å². The molecule has 2 aromatic carbocycles. The molecular weight excluding hydrogens is 366 g/mol. The van der Waals surface area contributed by atoms with Gasteiger partial charge in [-0.2, -0.15) is 4.52 Å². The quantitative estimate of drug-likeness (QED) is 0.566. The van der Waals surface area contributed by atoms with Crippen molar-refractivity contribution in [1.29, 1.82) is 0 Å². The lowest BCUT2D eigenvalue weighted by atomic mass is 10.1. The summed E-state index contributed by atoms with van der Waals surface area (Å²) in [7, 11) is 0. The first kappa shape index (κ1) is 15.1. The molecular formula is C18H16BrN5. The molecule has 0 fully saturated rings. The number of nitrogens with one attached hydrogen (secondary N) is 1. The molecule has 0 amide bonds. The first-order chi connectivity index (χ1) is 11.6. The summed E-state index contributed by atoms with van der Waals surface area (Å²) >= 11 is 3.61. The van der Waals surface area contributed by atoms with Crippen molar-refractivity contribution in [3.05, 3.63) is 64.4 Å². The molecule has 2 heterocycles. The number of benzene rings is 2. The molecule has 4 aromatic rings. The minimum atomic E-state index is 0.0712. The Morgan fingerprint density at radius 1 is 1.04 bits per heavy atom. The van der Waals surface area contributed by atoms with Crippen LogP contribution in [-0.4, -0.2) is 19.6 Å². The number of fused-ring (bicyclic) bond motifs is 3. The SMILES string of the molecule is Cc1nc2c3ccccc3nc(NC(C)c3ccccc3Br)n2n1. The fourth-order valence-electron chi connectivity index (χ4n) is 2.85. The summed E-state index contributed by atoms with van der Waals surface area (Å²) in [5, 5.41) is 8.97. The number of anilines is 1. The van der Waals surface area contributed by atoms with Gasteiger partial charge in [-0.05, 0) is 37.6 Å². The highest BCUT2D eigenvalue weighted by atomic mass is 79.9. The standard InChI is InChI=1S/C18H16BrN5/c1-11(13-7-3-5-9-15(13)19)20-18-22-16-10-6-4-8-14(16)17-21-12(2)23-24(17)18/h3-11H,1-2H3,(H,20,22). The van der Waals surface area contributed by atoms with Gasteiger partial charge in [-0.1, -0.05) is 46.3 Å². The Morgan fingerprint density at radius 2 is 1.79 bits per heavy atom. The summed E-state index contributed by atoms with van der Waals surface area (Å²) in [6.07, 6.45) is 0. The lowest BCUT2D eigenvalue weighted by Gasteiger charge is -2.17. The zero-order valence-electron chi connectivity index (χ0n) is 13.4. The van der Waals surface area contributed by atoms with E-state index >= 15 is 0 Å². The molecule has 0 aliphatic carbocycles. The molecule has 120 valence electrons. The van der Waals surface area contributed by atoms with Crippen molar-refractivity contribution in [1.82, 2.24) is 19.6 Å². The van der Waals surface area contributed by atoms with E-state index in [1.54, 1.807) is 4.52 Å². The Balaban J connectivity index is 1.85. The summed E-state index contributed by atoms with van der Waals surface area (Å²) in [5.74, 6) is 1.41. The highest BCUT2D eigenvalue weighted by molar-refractivity contribution is 9.10. The lowest BCUT2D eigenvalue weighted by molar-refractivity contribution is 0.822. The van der Waals surface area contributed by atoms with E-state index in [0.717, 1.165) is 32.4 Å². The van der Waals surface area contributed by atoms with Gasteiger partial charge in [0.2, 0.25) is 5.95 Å². The maximum absolute atomic E-state index is 4.75. The van der Waals surface area contributed by atoms with Crippen LogP contribution in [-0.2, 0) is 0 Å². The van der Waals surface area contributed by atoms with Crippen molar-refractivity contribution in [2.45, 2.75) is 19.9 Å². The molecule has 0 radical (unpaired) electrons. The Hall–Kier alpha value is -2.47. The molecule has 0 saturated heterocycles. The summed E-state index contributed by atoms with van der Waals surface area (Å²) in [4.78, 5) is 9.31. The van der Waals surface area contributed by atoms with Gasteiger partial charge in [0.15, 0.2) is 5.65 Å². The third-order valence-electron chi connectivity index (χ3n) is 4.00. The van der Waals surface area contributed by atoms with Crippen LogP contribution in [0.4, 0.5) is 5.95 Å². The highest BCUT2D eigenvalue weighted by Crippen LogP contribution is 2.27. The Bertz CT molecular complexity index is 1040. The smallest absolute Gasteiger partial charge is 0.226 e. The van der Waals surface area contributed by atoms with Gasteiger partial charge >= 0.3 is 0 Å². The maximum Gasteiger partial charge on any atom is 0.226 e. The van der Waals surface area contributed by atoms with Crippen LogP contribution < -0.4 is 5.32 Å². The summed E-state index contributed by atoms with van der Waals surface area (Å²) in [5.41, 5.74) is 2.89. The van der Waals surface area contributed by atoms with E-state index in [9.17, 15) is 0 Å². The van der Waals surface area contributed by atoms with Crippen molar-refractivity contribution in [2.24, 2.45) is 0 Å². The van der Waals surface area contributed by atoms with Gasteiger partial charge in [0, 0.05) is 9.86 Å². The van der Waals surface area contributed by atoms with Gasteiger partial charge < -0.3 is 5.32 Å². The third kappa shape index (κ3) is 2.53. The van der Waals surface area contributed by atoms with Crippen LogP contribution in [0, 0.1) is 6.92 Å². The first-order valence-electron chi connectivity index (χ1n) is 7.76. The van der Waals surface area contributed by atoms with Gasteiger partial charge in [-0.25, -0.2) is 9.97 Å². The normalized spacial score (nSPS) is 12.6. The van der Waals surface area contributed by atoms with E-state index in [-0.39, 0.29) is 6.04 Å². The highest BCUT2D eigenvalue weighted by Gasteiger charge is 2.15. The molecule has 0 bridgehead atoms. The molecule has 1 atom stereocenters. The number of nitrogens with zero attached hydrogens (tertiary/aromatic N) is 4. The molecule has 0 aliphatic rings. The molecule has 5 nitrogen and oxygen atoms in total. The van der Waals surface area contributed by atoms with Crippen LogP contribution in [0.25, 0.3) is 16.6 Å². The van der Waals surface area contributed by atoms with Crippen molar-refractivity contribution in [2.75, 3.05) is 5.32 Å². The number of rotatable bonds is 3. The summed E-state index contributed by atoms with van der Waals surface area (Å²) in [6, 6.07) is 16.2. The van der Waals surface area contributed by atoms with Crippen molar-refractivity contribution in [3.63, 3.8) is 0 Å². The molecule has 6 heteroatoms. The Kier molecular flexibility index (Phi) is 3.69. The van der Waals surface area contributed by atoms with Crippen LogP contribution in [0.5, 0.6) is 0 Å². The van der Waals surface area contributed by atoms with Gasteiger partial charge in [0.1, 0.15) is 5.82 Å². The molecule has 0 spiro atoms. The number of halogens is 1. The lowest BCUT2D eigenvalue weighted by Crippen LogP contribution is -2.13. The van der Waals surface area contributed by atoms with Crippen LogP contribution in [0.15, 0.2) is 53.0 Å². The molecule has 2 aromatic heterocycles. The number of aromatic nitrogens is 4. The molecule has 1 N–H and O–H groups in total. The predicted octanol–water partition coefficient (Wildman–Crippen LogP) is 4.52. The van der Waals surface area contributed by atoms with Crippen molar-refractivity contribution < 1.29 is 0 Å². The number of hydrogen-bond acceptors (Lipinski definition) is 4. The van der Waals surface area contributed by atoms with Gasteiger partial charge in [-0.15, -0.1) is 5.10 Å². The van der Waals surface area contributed by atoms with E-state index in [4.69, 9.17) is 4.98 Å². The van der Waals surface area contributed by atoms with E-state index < -0.39 is 0 Å². The predicted molar refractivity (Wildman–Crippen MR) is 99.2 cm³/mol. The molecule has 4 rings (SSSR count). The number of aryl methyl sites for hydroxylation is 1. The average Bonchev–Trinajstić information content (AvgIpc) is 2.97. The van der Waals surface area contributed by atoms with E-state index in [1.165, 1.54) is 0 Å². The molecule has 24 heavy (non-hydrogen) atoms. The van der Waals surface area contributed by atoms with Crippen LogP contribution in [0.3, 0.4) is 0 Å². The monoisotopic (exact) mass is 381 g/mol. The second-order valence-corrected chi connectivity index (χ2v) is 6.59. The third-order valence-corrected chi connectivity index (χ3v) is 4.72. The first-order valence-corrected chi connectivity index (χ1v) is 8.56. The Labute approximate surface area is 147 Å². The summed E-state index contributed by atoms with van der Waals surface area (Å²) < 4.78 is 2.85. The number of hydrogen-bond donors (Lipinski definition) is 1. The minimum Gasteiger partial charge on any atom is -0.348 e. The van der Waals surface area contributed by atoms with Crippen molar-refractivity contribution in [3.8, 4) is 0 Å². The second-order valence-electron chi connectivity index (χ2n) is 5.73. The molecule has 0 saturated carbocycles. The van der Waals surface area contributed by atoms with Crippen LogP contribution in [0.1, 0.15) is 24.4 Å². The van der Waals surface area contributed by atoms with Crippen LogP contribution >= 0.6 is 15.9 Å². The molecule has 1 unspecified atom stereocenters. The summed E-state index contributed by atoms with van der Waals surface area (Å²) in [6.45, 7) is 4.00. The van der Waals surface area contributed by atoms with E-state index in [1.807, 2.05) is 49.4 Å². The fourth-order valence-corrected chi connectivity index (χ4v) is 3.48.